The van der Waals surface area contributed by atoms with Crippen molar-refractivity contribution >= 4 is 11.7 Å². The van der Waals surface area contributed by atoms with Crippen molar-refractivity contribution < 1.29 is 23.0 Å². The molecule has 2 N–H and O–H groups in total. The van der Waals surface area contributed by atoms with Gasteiger partial charge in [0, 0.05) is 5.69 Å². The van der Waals surface area contributed by atoms with E-state index in [1.54, 1.807) is 13.8 Å². The van der Waals surface area contributed by atoms with Crippen LogP contribution in [0.25, 0.3) is 0 Å². The summed E-state index contributed by atoms with van der Waals surface area (Å²) in [5.74, 6) is -1.01. The fourth-order valence-corrected chi connectivity index (χ4v) is 1.36. The van der Waals surface area contributed by atoms with Crippen molar-refractivity contribution in [2.75, 3.05) is 12.3 Å². The lowest BCUT2D eigenvalue weighted by molar-refractivity contribution is -0.0508. The van der Waals surface area contributed by atoms with Gasteiger partial charge in [0.1, 0.15) is 11.3 Å². The molecule has 0 heterocycles. The van der Waals surface area contributed by atoms with Crippen LogP contribution in [0.5, 0.6) is 5.75 Å². The van der Waals surface area contributed by atoms with Crippen molar-refractivity contribution in [2.45, 2.75) is 20.5 Å². The Morgan fingerprint density at radius 1 is 1.47 bits per heavy atom. The zero-order valence-electron chi connectivity index (χ0n) is 9.50. The van der Waals surface area contributed by atoms with Crippen molar-refractivity contribution in [3.63, 3.8) is 0 Å². The van der Waals surface area contributed by atoms with Crippen LogP contribution in [-0.4, -0.2) is 19.2 Å². The minimum Gasteiger partial charge on any atom is -0.462 e. The second-order valence-electron chi connectivity index (χ2n) is 3.27. The van der Waals surface area contributed by atoms with Crippen LogP contribution in [0.15, 0.2) is 12.1 Å². The number of hydrogen-bond acceptors (Lipinski definition) is 4. The van der Waals surface area contributed by atoms with Gasteiger partial charge in [-0.15, -0.1) is 0 Å². The van der Waals surface area contributed by atoms with Crippen LogP contribution in [0.4, 0.5) is 14.5 Å². The molecule has 94 valence electrons. The molecule has 0 aliphatic rings. The summed E-state index contributed by atoms with van der Waals surface area (Å²) < 4.78 is 33.5. The molecule has 4 nitrogen and oxygen atoms in total. The monoisotopic (exact) mass is 245 g/mol. The van der Waals surface area contributed by atoms with Crippen LogP contribution in [-0.2, 0) is 4.74 Å². The number of alkyl halides is 2. The summed E-state index contributed by atoms with van der Waals surface area (Å²) in [6, 6.07) is 2.94. The Bertz CT molecular complexity index is 421. The number of esters is 1. The Hall–Kier alpha value is -1.85. The van der Waals surface area contributed by atoms with Crippen LogP contribution in [0, 0.1) is 6.92 Å². The molecule has 0 aromatic heterocycles. The smallest absolute Gasteiger partial charge is 0.387 e. The Labute approximate surface area is 97.3 Å². The Balaban J connectivity index is 3.24. The highest BCUT2D eigenvalue weighted by atomic mass is 19.3. The molecule has 1 rings (SSSR count). The molecule has 0 atom stereocenters. The summed E-state index contributed by atoms with van der Waals surface area (Å²) in [5, 5.41) is 0. The van der Waals surface area contributed by atoms with Crippen molar-refractivity contribution in [1.82, 2.24) is 0 Å². The lowest BCUT2D eigenvalue weighted by Gasteiger charge is -2.14. The predicted molar refractivity (Wildman–Crippen MR) is 58.2 cm³/mol. The second kappa shape index (κ2) is 5.47. The summed E-state index contributed by atoms with van der Waals surface area (Å²) in [5.41, 5.74) is 5.85. The predicted octanol–water partition coefficient (Wildman–Crippen LogP) is 2.36. The summed E-state index contributed by atoms with van der Waals surface area (Å²) in [6.45, 7) is 0.251. The summed E-state index contributed by atoms with van der Waals surface area (Å²) in [7, 11) is 0. The minimum atomic E-state index is -3.02. The van der Waals surface area contributed by atoms with Gasteiger partial charge in [-0.25, -0.2) is 4.79 Å². The van der Waals surface area contributed by atoms with Crippen molar-refractivity contribution in [3.05, 3.63) is 23.3 Å². The molecule has 0 amide bonds. The van der Waals surface area contributed by atoms with Gasteiger partial charge >= 0.3 is 12.6 Å². The Morgan fingerprint density at radius 2 is 2.12 bits per heavy atom. The van der Waals surface area contributed by atoms with E-state index in [9.17, 15) is 13.6 Å². The van der Waals surface area contributed by atoms with Crippen LogP contribution in [0.3, 0.4) is 0 Å². The number of benzene rings is 1. The Morgan fingerprint density at radius 3 is 2.65 bits per heavy atom. The van der Waals surface area contributed by atoms with Crippen LogP contribution in [0.1, 0.15) is 22.8 Å². The Kier molecular flexibility index (Phi) is 4.25. The molecule has 1 aromatic rings. The molecule has 0 saturated carbocycles. The highest BCUT2D eigenvalue weighted by Gasteiger charge is 2.21. The van der Waals surface area contributed by atoms with Crippen LogP contribution >= 0.6 is 0 Å². The second-order valence-corrected chi connectivity index (χ2v) is 3.27. The first-order chi connectivity index (χ1) is 7.97. The maximum absolute atomic E-state index is 12.2. The standard InChI is InChI=1S/C11H13F2NO3/c1-3-16-10(15)8-7(14)5-4-6(2)9(8)17-11(12)13/h4-5,11H,3,14H2,1-2H3. The molecular weight excluding hydrogens is 232 g/mol. The quantitative estimate of drug-likeness (QED) is 0.653. The SMILES string of the molecule is CCOC(=O)c1c(N)ccc(C)c1OC(F)F. The summed E-state index contributed by atoms with van der Waals surface area (Å²) in [6.07, 6.45) is 0. The van der Waals surface area contributed by atoms with Gasteiger partial charge in [-0.1, -0.05) is 6.07 Å². The zero-order valence-corrected chi connectivity index (χ0v) is 9.50. The first-order valence-corrected chi connectivity index (χ1v) is 4.98. The number of hydrogen-bond donors (Lipinski definition) is 1. The number of anilines is 1. The molecular formula is C11H13F2NO3. The van der Waals surface area contributed by atoms with E-state index in [4.69, 9.17) is 10.5 Å². The number of ether oxygens (including phenoxy) is 2. The molecule has 0 unspecified atom stereocenters. The van der Waals surface area contributed by atoms with Crippen molar-refractivity contribution in [2.24, 2.45) is 0 Å². The van der Waals surface area contributed by atoms with E-state index < -0.39 is 12.6 Å². The number of halogens is 2. The van der Waals surface area contributed by atoms with E-state index in [1.165, 1.54) is 12.1 Å². The molecule has 0 spiro atoms. The van der Waals surface area contributed by atoms with E-state index in [2.05, 4.69) is 4.74 Å². The molecule has 0 aliphatic heterocycles. The first kappa shape index (κ1) is 13.2. The molecule has 0 aliphatic carbocycles. The maximum Gasteiger partial charge on any atom is 0.387 e. The summed E-state index contributed by atoms with van der Waals surface area (Å²) in [4.78, 5) is 11.6. The fourth-order valence-electron chi connectivity index (χ4n) is 1.36. The van der Waals surface area contributed by atoms with Gasteiger partial charge in [0.05, 0.1) is 6.61 Å². The van der Waals surface area contributed by atoms with Gasteiger partial charge in [-0.2, -0.15) is 8.78 Å². The number of carbonyl (C=O) groups is 1. The van der Waals surface area contributed by atoms with Crippen molar-refractivity contribution in [1.29, 1.82) is 0 Å². The topological polar surface area (TPSA) is 61.5 Å². The number of aryl methyl sites for hydroxylation is 1. The van der Waals surface area contributed by atoms with E-state index in [1.807, 2.05) is 0 Å². The lowest BCUT2D eigenvalue weighted by atomic mass is 10.1. The van der Waals surface area contributed by atoms with Gasteiger partial charge < -0.3 is 15.2 Å². The van der Waals surface area contributed by atoms with E-state index in [-0.39, 0.29) is 23.6 Å². The molecule has 0 radical (unpaired) electrons. The van der Waals surface area contributed by atoms with Crippen molar-refractivity contribution in [3.8, 4) is 5.75 Å². The van der Waals surface area contributed by atoms with E-state index >= 15 is 0 Å². The van der Waals surface area contributed by atoms with Gasteiger partial charge in [0.2, 0.25) is 0 Å². The largest absolute Gasteiger partial charge is 0.462 e. The molecule has 0 fully saturated rings. The third-order valence-electron chi connectivity index (χ3n) is 2.07. The molecule has 0 bridgehead atoms. The van der Waals surface area contributed by atoms with E-state index in [0.717, 1.165) is 0 Å². The molecule has 17 heavy (non-hydrogen) atoms. The molecule has 6 heteroatoms. The number of carbonyl (C=O) groups excluding carboxylic acids is 1. The average Bonchev–Trinajstić information content (AvgIpc) is 2.23. The first-order valence-electron chi connectivity index (χ1n) is 4.98. The molecule has 1 aromatic carbocycles. The lowest BCUT2D eigenvalue weighted by Crippen LogP contribution is -2.14. The highest BCUT2D eigenvalue weighted by Crippen LogP contribution is 2.30. The van der Waals surface area contributed by atoms with Gasteiger partial charge in [-0.3, -0.25) is 0 Å². The zero-order chi connectivity index (χ0) is 13.0. The van der Waals surface area contributed by atoms with Crippen LogP contribution in [0.2, 0.25) is 0 Å². The maximum atomic E-state index is 12.2. The van der Waals surface area contributed by atoms with Gasteiger partial charge in [0.25, 0.3) is 0 Å². The fraction of sp³-hybridized carbons (Fsp3) is 0.364. The number of nitrogens with two attached hydrogens (primary N) is 1. The third-order valence-corrected chi connectivity index (χ3v) is 2.07. The third kappa shape index (κ3) is 3.05. The van der Waals surface area contributed by atoms with E-state index in [0.29, 0.717) is 5.56 Å². The minimum absolute atomic E-state index is 0.0460. The molecule has 0 saturated heterocycles. The summed E-state index contributed by atoms with van der Waals surface area (Å²) >= 11 is 0. The highest BCUT2D eigenvalue weighted by molar-refractivity contribution is 5.98. The number of nitrogen functional groups attached to an aromatic ring is 1. The normalized spacial score (nSPS) is 10.4. The van der Waals surface area contributed by atoms with Gasteiger partial charge in [-0.05, 0) is 25.5 Å². The number of rotatable bonds is 4. The average molecular weight is 245 g/mol. The van der Waals surface area contributed by atoms with Crippen LogP contribution < -0.4 is 10.5 Å². The van der Waals surface area contributed by atoms with Gasteiger partial charge in [0.15, 0.2) is 0 Å².